The number of rotatable bonds is 8. The number of nitrogen functional groups attached to an aromatic ring is 1. The number of carbonyl (C=O) groups excluding carboxylic acids is 2. The number of esters is 2. The smallest absolute Gasteiger partial charge is 0.314 e. The monoisotopic (exact) mass is 558 g/mol. The van der Waals surface area contributed by atoms with Crippen LogP contribution < -0.4 is 5.73 Å². The van der Waals surface area contributed by atoms with Gasteiger partial charge >= 0.3 is 11.9 Å². The number of benzene rings is 1. The van der Waals surface area contributed by atoms with E-state index in [0.717, 1.165) is 0 Å². The lowest BCUT2D eigenvalue weighted by atomic mass is 9.98. The lowest BCUT2D eigenvalue weighted by Crippen LogP contribution is -2.40. The van der Waals surface area contributed by atoms with E-state index in [1.807, 2.05) is 0 Å². The summed E-state index contributed by atoms with van der Waals surface area (Å²) in [4.78, 5) is 24.4. The van der Waals surface area contributed by atoms with Gasteiger partial charge in [-0.25, -0.2) is 12.9 Å². The van der Waals surface area contributed by atoms with E-state index in [1.54, 1.807) is 69.1 Å². The Labute approximate surface area is 227 Å². The van der Waals surface area contributed by atoms with Crippen LogP contribution in [-0.4, -0.2) is 67.4 Å². The van der Waals surface area contributed by atoms with E-state index in [9.17, 15) is 18.0 Å². The molecule has 3 aromatic rings. The summed E-state index contributed by atoms with van der Waals surface area (Å²) in [6.07, 6.45) is 4.40. The lowest BCUT2D eigenvalue weighted by molar-refractivity contribution is -0.172. The number of pyridine rings is 1. The van der Waals surface area contributed by atoms with Gasteiger partial charge in [-0.3, -0.25) is 9.59 Å². The second-order valence-electron chi connectivity index (χ2n) is 10.5. The SMILES string of the molecule is COC1CCN(S(=O)(=O)c2cc(N)ccc2-c2ccn3ncc(CC(=O)OCOC(=O)C(C)(C)C)c3c2)CC1. The van der Waals surface area contributed by atoms with Crippen LogP contribution in [0.25, 0.3) is 16.6 Å². The van der Waals surface area contributed by atoms with Crippen LogP contribution in [0, 0.1) is 5.41 Å². The topological polar surface area (TPSA) is 143 Å². The maximum atomic E-state index is 13.7. The van der Waals surface area contributed by atoms with Gasteiger partial charge in [-0.1, -0.05) is 6.07 Å². The van der Waals surface area contributed by atoms with E-state index >= 15 is 0 Å². The molecule has 1 fully saturated rings. The van der Waals surface area contributed by atoms with Gasteiger partial charge in [0.05, 0.1) is 34.5 Å². The quantitative estimate of drug-likeness (QED) is 0.251. The third-order valence-corrected chi connectivity index (χ3v) is 8.57. The molecule has 0 atom stereocenters. The molecule has 11 nitrogen and oxygen atoms in total. The van der Waals surface area contributed by atoms with Crippen LogP contribution in [-0.2, 0) is 40.2 Å². The van der Waals surface area contributed by atoms with Crippen LogP contribution in [0.4, 0.5) is 5.69 Å². The maximum absolute atomic E-state index is 13.7. The number of hydrogen-bond acceptors (Lipinski definition) is 9. The molecule has 1 aliphatic rings. The molecule has 0 spiro atoms. The largest absolute Gasteiger partial charge is 0.428 e. The molecule has 210 valence electrons. The van der Waals surface area contributed by atoms with Gasteiger partial charge in [0, 0.05) is 43.2 Å². The van der Waals surface area contributed by atoms with E-state index in [4.69, 9.17) is 19.9 Å². The van der Waals surface area contributed by atoms with Crippen LogP contribution in [0.1, 0.15) is 39.2 Å². The first-order valence-electron chi connectivity index (χ1n) is 12.6. The van der Waals surface area contributed by atoms with Gasteiger partial charge in [0.2, 0.25) is 16.8 Å². The molecule has 3 heterocycles. The van der Waals surface area contributed by atoms with E-state index in [-0.39, 0.29) is 17.4 Å². The van der Waals surface area contributed by atoms with Gasteiger partial charge < -0.3 is 19.9 Å². The average molecular weight is 559 g/mol. The Hall–Kier alpha value is -3.48. The van der Waals surface area contributed by atoms with Gasteiger partial charge in [0.25, 0.3) is 0 Å². The molecule has 0 aliphatic carbocycles. The van der Waals surface area contributed by atoms with Crippen molar-refractivity contribution in [3.63, 3.8) is 0 Å². The van der Waals surface area contributed by atoms with Crippen molar-refractivity contribution in [2.45, 2.75) is 51.0 Å². The predicted molar refractivity (Wildman–Crippen MR) is 144 cm³/mol. The molecule has 39 heavy (non-hydrogen) atoms. The summed E-state index contributed by atoms with van der Waals surface area (Å²) in [5.41, 5.74) is 7.94. The molecule has 1 saturated heterocycles. The Balaban J connectivity index is 1.58. The fourth-order valence-electron chi connectivity index (χ4n) is 4.34. The highest BCUT2D eigenvalue weighted by Crippen LogP contribution is 2.33. The van der Waals surface area contributed by atoms with Gasteiger partial charge in [-0.2, -0.15) is 9.40 Å². The minimum absolute atomic E-state index is 0.0386. The fourth-order valence-corrected chi connectivity index (χ4v) is 6.06. The number of fused-ring (bicyclic) bond motifs is 1. The normalized spacial score (nSPS) is 15.4. The van der Waals surface area contributed by atoms with Crippen LogP contribution in [0.2, 0.25) is 0 Å². The Bertz CT molecular complexity index is 1470. The van der Waals surface area contributed by atoms with Crippen LogP contribution in [0.15, 0.2) is 47.6 Å². The highest BCUT2D eigenvalue weighted by Gasteiger charge is 2.31. The van der Waals surface area contributed by atoms with E-state index in [0.29, 0.717) is 53.8 Å². The zero-order chi connectivity index (χ0) is 28.4. The number of sulfonamides is 1. The fraction of sp³-hybridized carbons (Fsp3) is 0.444. The number of piperidine rings is 1. The summed E-state index contributed by atoms with van der Waals surface area (Å²) >= 11 is 0. The van der Waals surface area contributed by atoms with Crippen LogP contribution in [0.5, 0.6) is 0 Å². The lowest BCUT2D eigenvalue weighted by Gasteiger charge is -2.31. The number of methoxy groups -OCH3 is 1. The summed E-state index contributed by atoms with van der Waals surface area (Å²) in [5, 5.41) is 4.29. The third-order valence-electron chi connectivity index (χ3n) is 6.63. The second kappa shape index (κ2) is 11.3. The first kappa shape index (κ1) is 28.5. The van der Waals surface area contributed by atoms with Crippen LogP contribution in [0.3, 0.4) is 0 Å². The van der Waals surface area contributed by atoms with Gasteiger partial charge in [-0.15, -0.1) is 0 Å². The number of ether oxygens (including phenoxy) is 3. The molecule has 4 rings (SSSR count). The van der Waals surface area contributed by atoms with E-state index in [1.165, 1.54) is 10.4 Å². The molecule has 0 bridgehead atoms. The number of nitrogens with zero attached hydrogens (tertiary/aromatic N) is 3. The summed E-state index contributed by atoms with van der Waals surface area (Å²) < 4.78 is 45.9. The molecule has 12 heteroatoms. The van der Waals surface area contributed by atoms with Crippen molar-refractivity contribution in [1.82, 2.24) is 13.9 Å². The van der Waals surface area contributed by atoms with Gasteiger partial charge in [-0.05, 0) is 63.4 Å². The number of anilines is 1. The molecule has 0 radical (unpaired) electrons. The minimum Gasteiger partial charge on any atom is -0.428 e. The van der Waals surface area contributed by atoms with E-state index < -0.39 is 34.2 Å². The zero-order valence-electron chi connectivity index (χ0n) is 22.5. The van der Waals surface area contributed by atoms with Crippen molar-refractivity contribution < 1.29 is 32.2 Å². The predicted octanol–water partition coefficient (Wildman–Crippen LogP) is 3.02. The van der Waals surface area contributed by atoms with Gasteiger partial charge in [0.15, 0.2) is 0 Å². The molecule has 1 aliphatic heterocycles. The molecule has 0 amide bonds. The molecule has 1 aromatic carbocycles. The van der Waals surface area contributed by atoms with Crippen molar-refractivity contribution in [3.8, 4) is 11.1 Å². The Morgan fingerprint density at radius 3 is 2.49 bits per heavy atom. The Morgan fingerprint density at radius 1 is 1.10 bits per heavy atom. The molecule has 2 N–H and O–H groups in total. The molecular weight excluding hydrogens is 524 g/mol. The first-order chi connectivity index (χ1) is 18.4. The minimum atomic E-state index is -3.83. The number of carbonyl (C=O) groups is 2. The number of nitrogens with two attached hydrogens (primary N) is 1. The van der Waals surface area contributed by atoms with Crippen molar-refractivity contribution in [2.24, 2.45) is 5.41 Å². The highest BCUT2D eigenvalue weighted by atomic mass is 32.2. The molecule has 0 unspecified atom stereocenters. The van der Waals surface area contributed by atoms with Crippen molar-refractivity contribution >= 4 is 33.2 Å². The van der Waals surface area contributed by atoms with Crippen LogP contribution >= 0.6 is 0 Å². The highest BCUT2D eigenvalue weighted by molar-refractivity contribution is 7.89. The van der Waals surface area contributed by atoms with Gasteiger partial charge in [0.1, 0.15) is 0 Å². The zero-order valence-corrected chi connectivity index (χ0v) is 23.4. The Kier molecular flexibility index (Phi) is 8.28. The molecular formula is C27H34N4O7S. The second-order valence-corrected chi connectivity index (χ2v) is 12.4. The standard InChI is InChI=1S/C27H34N4O7S/c1-27(2,3)26(33)38-17-37-25(32)14-19-16-29-31-12-7-18(13-23(19)31)22-6-5-20(28)15-24(22)39(34,35)30-10-8-21(36-4)9-11-30/h5-7,12-13,15-16,21H,8-11,14,17,28H2,1-4H3. The number of hydrogen-bond donors (Lipinski definition) is 1. The van der Waals surface area contributed by atoms with Crippen molar-refractivity contribution in [3.05, 3.63) is 48.3 Å². The summed E-state index contributed by atoms with van der Waals surface area (Å²) in [5.74, 6) is -1.07. The van der Waals surface area contributed by atoms with Crippen molar-refractivity contribution in [2.75, 3.05) is 32.7 Å². The van der Waals surface area contributed by atoms with E-state index in [2.05, 4.69) is 5.10 Å². The third kappa shape index (κ3) is 6.40. The first-order valence-corrected chi connectivity index (χ1v) is 14.1. The summed E-state index contributed by atoms with van der Waals surface area (Å²) in [6.45, 7) is 5.34. The maximum Gasteiger partial charge on any atom is 0.314 e. The van der Waals surface area contributed by atoms with Crippen molar-refractivity contribution in [1.29, 1.82) is 0 Å². The number of aromatic nitrogens is 2. The summed E-state index contributed by atoms with van der Waals surface area (Å²) in [6, 6.07) is 8.35. The summed E-state index contributed by atoms with van der Waals surface area (Å²) in [7, 11) is -2.20. The Morgan fingerprint density at radius 2 is 1.82 bits per heavy atom. The molecule has 2 aromatic heterocycles. The molecule has 0 saturated carbocycles. The average Bonchev–Trinajstić information content (AvgIpc) is 3.29.